The summed E-state index contributed by atoms with van der Waals surface area (Å²) in [5.41, 5.74) is 8.53. The van der Waals surface area contributed by atoms with Crippen LogP contribution in [0.2, 0.25) is 0 Å². The quantitative estimate of drug-likeness (QED) is 0.656. The number of hydrogen-bond acceptors (Lipinski definition) is 3. The number of amidine groups is 1. The fourth-order valence-electron chi connectivity index (χ4n) is 1.53. The average Bonchev–Trinajstić information content (AvgIpc) is 2.34. The van der Waals surface area contributed by atoms with Gasteiger partial charge in [0.25, 0.3) is 0 Å². The lowest BCUT2D eigenvalue weighted by Crippen LogP contribution is -2.10. The van der Waals surface area contributed by atoms with E-state index in [1.165, 1.54) is 16.0 Å². The van der Waals surface area contributed by atoms with Gasteiger partial charge >= 0.3 is 0 Å². The fourth-order valence-corrected chi connectivity index (χ4v) is 2.47. The number of benzene rings is 1. The second-order valence-corrected chi connectivity index (χ2v) is 5.23. The molecule has 0 saturated carbocycles. The number of nitrogens with two attached hydrogens (primary N) is 1. The monoisotopic (exact) mass is 257 g/mol. The molecule has 0 bridgehead atoms. The Morgan fingerprint density at radius 3 is 2.61 bits per heavy atom. The second-order valence-electron chi connectivity index (χ2n) is 4.17. The molecule has 0 aliphatic rings. The Hall–Kier alpha value is -1.81. The zero-order chi connectivity index (χ0) is 13.1. The van der Waals surface area contributed by atoms with Gasteiger partial charge in [-0.3, -0.25) is 5.41 Å². The van der Waals surface area contributed by atoms with Crippen LogP contribution in [-0.4, -0.2) is 10.8 Å². The molecule has 0 radical (unpaired) electrons. The zero-order valence-electron chi connectivity index (χ0n) is 10.4. The number of aromatic nitrogens is 1. The van der Waals surface area contributed by atoms with Gasteiger partial charge in [0, 0.05) is 16.7 Å². The Kier molecular flexibility index (Phi) is 3.67. The van der Waals surface area contributed by atoms with Gasteiger partial charge in [-0.1, -0.05) is 23.9 Å². The second kappa shape index (κ2) is 5.23. The maximum absolute atomic E-state index is 7.32. The molecule has 2 aromatic rings. The van der Waals surface area contributed by atoms with Gasteiger partial charge in [-0.15, -0.1) is 0 Å². The van der Waals surface area contributed by atoms with Crippen LogP contribution in [0.4, 0.5) is 0 Å². The van der Waals surface area contributed by atoms with Gasteiger partial charge in [0.15, 0.2) is 0 Å². The summed E-state index contributed by atoms with van der Waals surface area (Å²) in [6.07, 6.45) is 1.63. The minimum absolute atomic E-state index is 0.0470. The summed E-state index contributed by atoms with van der Waals surface area (Å²) in [6.45, 7) is 4.17. The van der Waals surface area contributed by atoms with Gasteiger partial charge in [0.2, 0.25) is 0 Å². The molecule has 1 aromatic carbocycles. The number of nitrogens with zero attached hydrogens (tertiary/aromatic N) is 1. The molecule has 18 heavy (non-hydrogen) atoms. The number of nitrogen functional groups attached to an aromatic ring is 1. The predicted octanol–water partition coefficient (Wildman–Crippen LogP) is 3.13. The van der Waals surface area contributed by atoms with Crippen LogP contribution in [0, 0.1) is 19.3 Å². The lowest BCUT2D eigenvalue weighted by molar-refractivity contribution is 1.12. The van der Waals surface area contributed by atoms with Crippen molar-refractivity contribution in [1.82, 2.24) is 4.98 Å². The Morgan fingerprint density at radius 1 is 1.22 bits per heavy atom. The summed E-state index contributed by atoms with van der Waals surface area (Å²) in [6, 6.07) is 10.1. The van der Waals surface area contributed by atoms with Gasteiger partial charge in [-0.2, -0.15) is 0 Å². The van der Waals surface area contributed by atoms with Crippen molar-refractivity contribution in [2.45, 2.75) is 23.8 Å². The van der Waals surface area contributed by atoms with E-state index in [4.69, 9.17) is 11.1 Å². The molecule has 0 fully saturated rings. The zero-order valence-corrected chi connectivity index (χ0v) is 11.2. The molecule has 1 heterocycles. The first-order chi connectivity index (χ1) is 8.56. The van der Waals surface area contributed by atoms with E-state index >= 15 is 0 Å². The Labute approximate surface area is 111 Å². The van der Waals surface area contributed by atoms with E-state index in [-0.39, 0.29) is 5.84 Å². The molecular formula is C14H15N3S. The van der Waals surface area contributed by atoms with Crippen molar-refractivity contribution < 1.29 is 0 Å². The third-order valence-corrected chi connectivity index (χ3v) is 3.72. The molecule has 0 aliphatic heterocycles. The lowest BCUT2D eigenvalue weighted by Gasteiger charge is -2.06. The van der Waals surface area contributed by atoms with Crippen LogP contribution in [0.15, 0.2) is 46.5 Å². The van der Waals surface area contributed by atoms with Crippen LogP contribution < -0.4 is 5.73 Å². The van der Waals surface area contributed by atoms with Crippen molar-refractivity contribution in [3.05, 3.63) is 53.2 Å². The van der Waals surface area contributed by atoms with Crippen molar-refractivity contribution >= 4 is 17.6 Å². The van der Waals surface area contributed by atoms with Crippen LogP contribution in [-0.2, 0) is 0 Å². The van der Waals surface area contributed by atoms with Gasteiger partial charge in [-0.25, -0.2) is 4.98 Å². The van der Waals surface area contributed by atoms with E-state index in [0.29, 0.717) is 5.56 Å². The molecule has 0 unspecified atom stereocenters. The summed E-state index contributed by atoms with van der Waals surface area (Å²) in [4.78, 5) is 5.51. The summed E-state index contributed by atoms with van der Waals surface area (Å²) in [5, 5.41) is 8.23. The summed E-state index contributed by atoms with van der Waals surface area (Å²) >= 11 is 1.63. The highest BCUT2D eigenvalue weighted by Gasteiger charge is 2.04. The molecule has 0 amide bonds. The number of pyridine rings is 1. The van der Waals surface area contributed by atoms with Gasteiger partial charge in [-0.05, 0) is 43.2 Å². The van der Waals surface area contributed by atoms with Crippen molar-refractivity contribution in [1.29, 1.82) is 5.41 Å². The van der Waals surface area contributed by atoms with E-state index in [1.54, 1.807) is 18.0 Å². The highest BCUT2D eigenvalue weighted by atomic mass is 32.2. The molecular weight excluding hydrogens is 242 g/mol. The number of hydrogen-bond donors (Lipinski definition) is 2. The summed E-state index contributed by atoms with van der Waals surface area (Å²) in [7, 11) is 0. The number of nitrogens with one attached hydrogen (secondary N) is 1. The molecule has 2 rings (SSSR count). The molecule has 4 heteroatoms. The molecule has 0 saturated heterocycles. The Morgan fingerprint density at radius 2 is 2.00 bits per heavy atom. The maximum atomic E-state index is 7.32. The van der Waals surface area contributed by atoms with Gasteiger partial charge < -0.3 is 5.73 Å². The lowest BCUT2D eigenvalue weighted by atomic mass is 10.2. The average molecular weight is 257 g/mol. The van der Waals surface area contributed by atoms with Crippen LogP contribution in [0.25, 0.3) is 0 Å². The Balaban J connectivity index is 2.23. The molecule has 3 N–H and O–H groups in total. The number of rotatable bonds is 3. The highest BCUT2D eigenvalue weighted by Crippen LogP contribution is 2.29. The van der Waals surface area contributed by atoms with Gasteiger partial charge in [0.1, 0.15) is 10.9 Å². The maximum Gasteiger partial charge on any atom is 0.124 e. The molecule has 92 valence electrons. The largest absolute Gasteiger partial charge is 0.384 e. The van der Waals surface area contributed by atoms with Crippen LogP contribution in [0.5, 0.6) is 0 Å². The molecule has 3 nitrogen and oxygen atoms in total. The molecule has 0 atom stereocenters. The van der Waals surface area contributed by atoms with Crippen molar-refractivity contribution in [3.8, 4) is 0 Å². The fraction of sp³-hybridized carbons (Fsp3) is 0.143. The van der Waals surface area contributed by atoms with Crippen LogP contribution in [0.1, 0.15) is 16.7 Å². The van der Waals surface area contributed by atoms with Gasteiger partial charge in [0.05, 0.1) is 0 Å². The first-order valence-electron chi connectivity index (χ1n) is 5.62. The van der Waals surface area contributed by atoms with Crippen LogP contribution in [0.3, 0.4) is 0 Å². The van der Waals surface area contributed by atoms with E-state index < -0.39 is 0 Å². The van der Waals surface area contributed by atoms with Crippen molar-refractivity contribution in [2.75, 3.05) is 0 Å². The minimum atomic E-state index is 0.0470. The first-order valence-corrected chi connectivity index (χ1v) is 6.43. The minimum Gasteiger partial charge on any atom is -0.384 e. The van der Waals surface area contributed by atoms with E-state index in [2.05, 4.69) is 37.0 Å². The normalized spacial score (nSPS) is 10.3. The standard InChI is InChI=1S/C14H15N3S/c1-9-3-4-10(2)12(7-9)18-13-6-5-11(8-17-13)14(15)16/h3-8H,1-2H3,(H3,15,16). The van der Waals surface area contributed by atoms with Crippen molar-refractivity contribution in [2.24, 2.45) is 5.73 Å². The molecule has 0 aliphatic carbocycles. The summed E-state index contributed by atoms with van der Waals surface area (Å²) < 4.78 is 0. The van der Waals surface area contributed by atoms with E-state index in [1.807, 2.05) is 12.1 Å². The third kappa shape index (κ3) is 2.90. The molecule has 0 spiro atoms. The third-order valence-electron chi connectivity index (χ3n) is 2.61. The number of aryl methyl sites for hydroxylation is 2. The smallest absolute Gasteiger partial charge is 0.124 e. The Bertz CT molecular complexity index is 576. The summed E-state index contributed by atoms with van der Waals surface area (Å²) in [5.74, 6) is 0.0470. The van der Waals surface area contributed by atoms with E-state index in [0.717, 1.165) is 5.03 Å². The predicted molar refractivity (Wildman–Crippen MR) is 75.3 cm³/mol. The highest BCUT2D eigenvalue weighted by molar-refractivity contribution is 7.99. The van der Waals surface area contributed by atoms with Crippen molar-refractivity contribution in [3.63, 3.8) is 0 Å². The molecule has 1 aromatic heterocycles. The van der Waals surface area contributed by atoms with E-state index in [9.17, 15) is 0 Å². The van der Waals surface area contributed by atoms with Crippen LogP contribution >= 0.6 is 11.8 Å². The SMILES string of the molecule is Cc1ccc(C)c(Sc2ccc(C(=N)N)cn2)c1. The first kappa shape index (κ1) is 12.6. The topological polar surface area (TPSA) is 62.8 Å².